The van der Waals surface area contributed by atoms with E-state index in [2.05, 4.69) is 11.0 Å². The number of furan rings is 1. The van der Waals surface area contributed by atoms with E-state index in [0.717, 1.165) is 10.9 Å². The van der Waals surface area contributed by atoms with E-state index in [1.54, 1.807) is 48.7 Å². The lowest BCUT2D eigenvalue weighted by molar-refractivity contribution is -0.137. The van der Waals surface area contributed by atoms with Crippen molar-refractivity contribution in [3.05, 3.63) is 88.5 Å². The standard InChI is InChI=1S/C34H37N5O5.H3O4P/c1-5-39-28-12-11-27(21-29(28)36(4)32(41)34(2,3)33(39)42)43-19-8-15-37(23-26-10-7-6-9-25(26)22-35)17-18-38-16-13-24-14-20-44-30(24)31(38)40;1-5(2,3)4/h6-7,9-14,16,20-21H,5,8,15,17-19,23H2,1-4H3;(H3,1,2,3,4). The minimum absolute atomic E-state index is 0.174. The predicted octanol–water partition coefficient (Wildman–Crippen LogP) is 3.86. The number of hydrogen-bond donors (Lipinski definition) is 3. The van der Waals surface area contributed by atoms with E-state index < -0.39 is 13.2 Å². The SMILES string of the molecule is CCN1C(=O)C(C)(C)C(=O)N(C)c2cc(OCCCN(CCn3ccc4ccoc4c3=O)Cc3ccccc3C#N)ccc21.O=P(O)(O)O. The molecule has 5 rings (SSSR count). The Morgan fingerprint density at radius 2 is 1.71 bits per heavy atom. The average molecular weight is 694 g/mol. The highest BCUT2D eigenvalue weighted by Gasteiger charge is 2.45. The molecular weight excluding hydrogens is 653 g/mol. The zero-order valence-electron chi connectivity index (χ0n) is 27.8. The number of pyridine rings is 1. The first-order chi connectivity index (χ1) is 23.1. The molecule has 2 aromatic carbocycles. The average Bonchev–Trinajstić information content (AvgIpc) is 3.54. The Hall–Kier alpha value is -4.77. The Morgan fingerprint density at radius 1 is 1.00 bits per heavy atom. The maximum absolute atomic E-state index is 13.2. The summed E-state index contributed by atoms with van der Waals surface area (Å²) in [6.45, 7) is 8.31. The first-order valence-electron chi connectivity index (χ1n) is 15.6. The van der Waals surface area contributed by atoms with Crippen molar-refractivity contribution in [1.82, 2.24) is 9.47 Å². The van der Waals surface area contributed by atoms with E-state index >= 15 is 0 Å². The summed E-state index contributed by atoms with van der Waals surface area (Å²) in [4.78, 5) is 66.1. The number of amides is 2. The monoisotopic (exact) mass is 693 g/mol. The Balaban J connectivity index is 0.00000101. The van der Waals surface area contributed by atoms with Crippen molar-refractivity contribution < 1.29 is 38.0 Å². The number of nitriles is 1. The number of nitrogens with zero attached hydrogens (tertiary/aromatic N) is 5. The molecule has 3 heterocycles. The first-order valence-corrected chi connectivity index (χ1v) is 17.1. The molecule has 4 aromatic rings. The molecule has 0 fully saturated rings. The topological polar surface area (TPSA) is 190 Å². The van der Waals surface area contributed by atoms with Crippen molar-refractivity contribution in [2.45, 2.75) is 40.3 Å². The minimum atomic E-state index is -4.64. The van der Waals surface area contributed by atoms with Gasteiger partial charge >= 0.3 is 7.82 Å². The van der Waals surface area contributed by atoms with Crippen LogP contribution in [0.2, 0.25) is 0 Å². The Bertz CT molecular complexity index is 1950. The number of carbonyl (C=O) groups excluding carboxylic acids is 2. The van der Waals surface area contributed by atoms with Crippen LogP contribution in [0, 0.1) is 16.7 Å². The van der Waals surface area contributed by atoms with Crippen LogP contribution < -0.4 is 20.1 Å². The third-order valence-electron chi connectivity index (χ3n) is 8.20. The summed E-state index contributed by atoms with van der Waals surface area (Å²) >= 11 is 0. The van der Waals surface area contributed by atoms with Crippen molar-refractivity contribution in [2.24, 2.45) is 5.41 Å². The summed E-state index contributed by atoms with van der Waals surface area (Å²) in [5, 5.41) is 10.4. The molecule has 1 aliphatic heterocycles. The third kappa shape index (κ3) is 9.03. The highest BCUT2D eigenvalue weighted by molar-refractivity contribution is 7.45. The van der Waals surface area contributed by atoms with E-state index in [9.17, 15) is 19.6 Å². The zero-order valence-corrected chi connectivity index (χ0v) is 28.7. The van der Waals surface area contributed by atoms with E-state index in [-0.39, 0.29) is 17.4 Å². The van der Waals surface area contributed by atoms with Gasteiger partial charge in [-0.15, -0.1) is 0 Å². The fourth-order valence-electron chi connectivity index (χ4n) is 5.64. The molecule has 1 aliphatic rings. The van der Waals surface area contributed by atoms with Crippen LogP contribution in [-0.2, 0) is 27.2 Å². The lowest BCUT2D eigenvalue weighted by Crippen LogP contribution is -2.47. The van der Waals surface area contributed by atoms with Crippen LogP contribution in [0.15, 0.2) is 76.3 Å². The summed E-state index contributed by atoms with van der Waals surface area (Å²) in [7, 11) is -2.95. The summed E-state index contributed by atoms with van der Waals surface area (Å²) in [6, 6.07) is 18.9. The van der Waals surface area contributed by atoms with E-state index in [4.69, 9.17) is 28.4 Å². The summed E-state index contributed by atoms with van der Waals surface area (Å²) in [5.41, 5.74) is 1.83. The third-order valence-corrected chi connectivity index (χ3v) is 8.20. The molecule has 0 aliphatic carbocycles. The summed E-state index contributed by atoms with van der Waals surface area (Å²) in [5.74, 6) is 0.107. The van der Waals surface area contributed by atoms with Gasteiger partial charge in [-0.25, -0.2) is 4.57 Å². The van der Waals surface area contributed by atoms with Crippen molar-refractivity contribution in [3.63, 3.8) is 0 Å². The Labute approximate surface area is 283 Å². The number of aromatic nitrogens is 1. The number of carbonyl (C=O) groups is 2. The molecule has 0 saturated carbocycles. The van der Waals surface area contributed by atoms with E-state index in [1.807, 2.05) is 49.4 Å². The number of rotatable bonds is 11. The summed E-state index contributed by atoms with van der Waals surface area (Å²) < 4.78 is 22.0. The zero-order chi connectivity index (χ0) is 35.9. The van der Waals surface area contributed by atoms with Gasteiger partial charge in [-0.2, -0.15) is 5.26 Å². The largest absolute Gasteiger partial charge is 0.493 e. The molecule has 0 atom stereocenters. The molecule has 3 N–H and O–H groups in total. The maximum atomic E-state index is 13.2. The second-order valence-corrected chi connectivity index (χ2v) is 13.0. The predicted molar refractivity (Wildman–Crippen MR) is 183 cm³/mol. The quantitative estimate of drug-likeness (QED) is 0.118. The van der Waals surface area contributed by atoms with Gasteiger partial charge in [0.2, 0.25) is 11.8 Å². The van der Waals surface area contributed by atoms with Crippen LogP contribution >= 0.6 is 7.82 Å². The minimum Gasteiger partial charge on any atom is -0.493 e. The molecule has 2 aromatic heterocycles. The van der Waals surface area contributed by atoms with Crippen LogP contribution in [-0.4, -0.2) is 69.3 Å². The second-order valence-electron chi connectivity index (χ2n) is 12.0. The number of fused-ring (bicyclic) bond motifs is 2. The molecule has 2 amide bonds. The van der Waals surface area contributed by atoms with Gasteiger partial charge in [-0.1, -0.05) is 18.2 Å². The molecule has 0 radical (unpaired) electrons. The number of ether oxygens (including phenoxy) is 1. The lowest BCUT2D eigenvalue weighted by Gasteiger charge is -2.27. The van der Waals surface area contributed by atoms with Crippen LogP contribution in [0.1, 0.15) is 38.3 Å². The molecule has 15 heteroatoms. The van der Waals surface area contributed by atoms with Crippen molar-refractivity contribution in [3.8, 4) is 11.8 Å². The van der Waals surface area contributed by atoms with Gasteiger partial charge in [-0.05, 0) is 63.1 Å². The van der Waals surface area contributed by atoms with Gasteiger partial charge in [0.05, 0.1) is 35.9 Å². The Morgan fingerprint density at radius 3 is 2.41 bits per heavy atom. The van der Waals surface area contributed by atoms with E-state index in [1.165, 1.54) is 11.2 Å². The molecule has 0 spiro atoms. The molecule has 260 valence electrons. The highest BCUT2D eigenvalue weighted by atomic mass is 31.2. The van der Waals surface area contributed by atoms with Gasteiger partial charge in [0.25, 0.3) is 5.56 Å². The number of phosphoric acid groups is 1. The fourth-order valence-corrected chi connectivity index (χ4v) is 5.64. The first kappa shape index (κ1) is 37.1. The van der Waals surface area contributed by atoms with Crippen LogP contribution in [0.3, 0.4) is 0 Å². The molecule has 0 unspecified atom stereocenters. The second kappa shape index (κ2) is 15.6. The van der Waals surface area contributed by atoms with Crippen LogP contribution in [0.5, 0.6) is 5.75 Å². The smallest absolute Gasteiger partial charge is 0.466 e. The van der Waals surface area contributed by atoms with Gasteiger partial charge in [0.1, 0.15) is 11.2 Å². The van der Waals surface area contributed by atoms with Crippen molar-refractivity contribution in [2.75, 3.05) is 43.1 Å². The fraction of sp³-hybridized carbons (Fsp3) is 0.353. The van der Waals surface area contributed by atoms with Gasteiger partial charge in [-0.3, -0.25) is 19.3 Å². The van der Waals surface area contributed by atoms with Crippen molar-refractivity contribution in [1.29, 1.82) is 5.26 Å². The van der Waals surface area contributed by atoms with Gasteiger partial charge < -0.3 is 38.2 Å². The molecule has 49 heavy (non-hydrogen) atoms. The van der Waals surface area contributed by atoms with Gasteiger partial charge in [0.15, 0.2) is 5.58 Å². The number of benzene rings is 2. The molecular formula is C34H40N5O9P. The van der Waals surface area contributed by atoms with Crippen LogP contribution in [0.25, 0.3) is 11.0 Å². The normalized spacial score (nSPS) is 14.3. The Kier molecular flexibility index (Phi) is 11.8. The summed E-state index contributed by atoms with van der Waals surface area (Å²) in [6.07, 6.45) is 3.97. The van der Waals surface area contributed by atoms with Gasteiger partial charge in [0, 0.05) is 57.4 Å². The maximum Gasteiger partial charge on any atom is 0.466 e. The highest BCUT2D eigenvalue weighted by Crippen LogP contribution is 2.40. The molecule has 14 nitrogen and oxygen atoms in total. The van der Waals surface area contributed by atoms with Crippen LogP contribution in [0.4, 0.5) is 11.4 Å². The number of hydrogen-bond acceptors (Lipinski definition) is 8. The van der Waals surface area contributed by atoms with E-state index in [0.29, 0.717) is 74.0 Å². The molecule has 0 bridgehead atoms. The van der Waals surface area contributed by atoms with Crippen molar-refractivity contribution >= 4 is 42.0 Å². The lowest BCUT2D eigenvalue weighted by atomic mass is 9.90. The number of anilines is 2. The molecule has 0 saturated heterocycles.